The predicted octanol–water partition coefficient (Wildman–Crippen LogP) is 4.10. The topological polar surface area (TPSA) is 66.5 Å². The highest BCUT2D eigenvalue weighted by atomic mass is 35.5. The standard InChI is InChI=1S/C21H19ClN2O3S/c1-24(28(26,27)18-10-6-3-7-11-18)17-12-13-20(22)19(14-17)21(25)23-15-16-8-4-2-5-9-16/h2-14H,15H2,1H3,(H,23,25). The van der Waals surface area contributed by atoms with Gasteiger partial charge in [0.15, 0.2) is 0 Å². The fourth-order valence-corrected chi connectivity index (χ4v) is 4.06. The highest BCUT2D eigenvalue weighted by Crippen LogP contribution is 2.26. The van der Waals surface area contributed by atoms with Crippen LogP contribution in [0.5, 0.6) is 0 Å². The Morgan fingerprint density at radius 2 is 1.57 bits per heavy atom. The molecule has 3 aromatic carbocycles. The number of hydrogen-bond donors (Lipinski definition) is 1. The lowest BCUT2D eigenvalue weighted by Crippen LogP contribution is -2.27. The monoisotopic (exact) mass is 414 g/mol. The molecule has 3 aromatic rings. The van der Waals surface area contributed by atoms with E-state index in [1.54, 1.807) is 24.3 Å². The summed E-state index contributed by atoms with van der Waals surface area (Å²) in [6, 6.07) is 22.1. The van der Waals surface area contributed by atoms with E-state index in [1.165, 1.54) is 31.3 Å². The number of rotatable bonds is 6. The second-order valence-electron chi connectivity index (χ2n) is 6.12. The summed E-state index contributed by atoms with van der Waals surface area (Å²) in [6.07, 6.45) is 0. The summed E-state index contributed by atoms with van der Waals surface area (Å²) >= 11 is 6.18. The Bertz CT molecular complexity index is 1070. The van der Waals surface area contributed by atoms with Crippen LogP contribution in [0.15, 0.2) is 83.8 Å². The minimum absolute atomic E-state index is 0.169. The van der Waals surface area contributed by atoms with Gasteiger partial charge in [0.1, 0.15) is 0 Å². The molecule has 3 rings (SSSR count). The van der Waals surface area contributed by atoms with Crippen molar-refractivity contribution >= 4 is 33.2 Å². The molecule has 5 nitrogen and oxygen atoms in total. The van der Waals surface area contributed by atoms with Gasteiger partial charge in [-0.05, 0) is 35.9 Å². The van der Waals surface area contributed by atoms with Gasteiger partial charge in [-0.2, -0.15) is 0 Å². The van der Waals surface area contributed by atoms with Crippen LogP contribution >= 0.6 is 11.6 Å². The lowest BCUT2D eigenvalue weighted by atomic mass is 10.1. The summed E-state index contributed by atoms with van der Waals surface area (Å²) in [6.45, 7) is 0.346. The van der Waals surface area contributed by atoms with Crippen LogP contribution in [0.2, 0.25) is 5.02 Å². The van der Waals surface area contributed by atoms with Crippen molar-refractivity contribution in [2.24, 2.45) is 0 Å². The molecule has 0 bridgehead atoms. The lowest BCUT2D eigenvalue weighted by molar-refractivity contribution is 0.0951. The minimum atomic E-state index is -3.74. The number of nitrogens with zero attached hydrogens (tertiary/aromatic N) is 1. The van der Waals surface area contributed by atoms with Crippen molar-refractivity contribution in [3.8, 4) is 0 Å². The van der Waals surface area contributed by atoms with E-state index < -0.39 is 10.0 Å². The van der Waals surface area contributed by atoms with E-state index in [0.29, 0.717) is 12.2 Å². The van der Waals surface area contributed by atoms with Gasteiger partial charge in [0, 0.05) is 13.6 Å². The Morgan fingerprint density at radius 1 is 0.964 bits per heavy atom. The fourth-order valence-electron chi connectivity index (χ4n) is 2.65. The fraction of sp³-hybridized carbons (Fsp3) is 0.0952. The number of carbonyl (C=O) groups excluding carboxylic acids is 1. The van der Waals surface area contributed by atoms with Gasteiger partial charge in [-0.15, -0.1) is 0 Å². The molecule has 7 heteroatoms. The van der Waals surface area contributed by atoms with Crippen LogP contribution in [0.4, 0.5) is 5.69 Å². The highest BCUT2D eigenvalue weighted by Gasteiger charge is 2.22. The molecule has 0 saturated heterocycles. The second kappa shape index (κ2) is 8.46. The van der Waals surface area contributed by atoms with E-state index in [2.05, 4.69) is 5.32 Å². The number of nitrogens with one attached hydrogen (secondary N) is 1. The lowest BCUT2D eigenvalue weighted by Gasteiger charge is -2.20. The predicted molar refractivity (Wildman–Crippen MR) is 111 cm³/mol. The molecule has 0 fully saturated rings. The first-order valence-electron chi connectivity index (χ1n) is 8.55. The van der Waals surface area contributed by atoms with E-state index in [9.17, 15) is 13.2 Å². The van der Waals surface area contributed by atoms with E-state index >= 15 is 0 Å². The maximum absolute atomic E-state index is 12.8. The number of carbonyl (C=O) groups is 1. The third-order valence-electron chi connectivity index (χ3n) is 4.26. The Morgan fingerprint density at radius 3 is 2.21 bits per heavy atom. The molecule has 0 unspecified atom stereocenters. The first-order chi connectivity index (χ1) is 13.4. The molecule has 0 radical (unpaired) electrons. The van der Waals surface area contributed by atoms with Crippen molar-refractivity contribution in [3.63, 3.8) is 0 Å². The molecular weight excluding hydrogens is 396 g/mol. The quantitative estimate of drug-likeness (QED) is 0.660. The maximum atomic E-state index is 12.8. The molecule has 1 amide bonds. The van der Waals surface area contributed by atoms with E-state index in [0.717, 1.165) is 9.87 Å². The Labute approximate surface area is 169 Å². The second-order valence-corrected chi connectivity index (χ2v) is 8.49. The normalized spacial score (nSPS) is 11.1. The Balaban J connectivity index is 1.83. The zero-order valence-electron chi connectivity index (χ0n) is 15.2. The number of hydrogen-bond acceptors (Lipinski definition) is 3. The van der Waals surface area contributed by atoms with Gasteiger partial charge >= 0.3 is 0 Å². The molecule has 28 heavy (non-hydrogen) atoms. The van der Waals surface area contributed by atoms with Crippen molar-refractivity contribution in [1.29, 1.82) is 0 Å². The summed E-state index contributed by atoms with van der Waals surface area (Å²) in [5.41, 5.74) is 1.51. The molecule has 0 atom stereocenters. The van der Waals surface area contributed by atoms with Gasteiger partial charge in [0.05, 0.1) is 21.2 Å². The van der Waals surface area contributed by atoms with Gasteiger partial charge in [-0.25, -0.2) is 8.42 Å². The molecule has 0 aliphatic carbocycles. The summed E-state index contributed by atoms with van der Waals surface area (Å²) < 4.78 is 26.7. The van der Waals surface area contributed by atoms with Gasteiger partial charge in [0.2, 0.25) is 0 Å². The van der Waals surface area contributed by atoms with Crippen molar-refractivity contribution in [1.82, 2.24) is 5.32 Å². The molecule has 0 saturated carbocycles. The average molecular weight is 415 g/mol. The molecule has 0 aliphatic heterocycles. The van der Waals surface area contributed by atoms with Crippen LogP contribution in [0.3, 0.4) is 0 Å². The third kappa shape index (κ3) is 4.35. The summed E-state index contributed by atoms with van der Waals surface area (Å²) in [7, 11) is -2.30. The molecule has 0 aromatic heterocycles. The smallest absolute Gasteiger partial charge is 0.264 e. The SMILES string of the molecule is CN(c1ccc(Cl)c(C(=O)NCc2ccccc2)c1)S(=O)(=O)c1ccccc1. The average Bonchev–Trinajstić information content (AvgIpc) is 2.73. The number of amides is 1. The number of sulfonamides is 1. The number of anilines is 1. The third-order valence-corrected chi connectivity index (χ3v) is 6.39. The van der Waals surface area contributed by atoms with Crippen LogP contribution in [-0.2, 0) is 16.6 Å². The summed E-state index contributed by atoms with van der Waals surface area (Å²) in [4.78, 5) is 12.7. The van der Waals surface area contributed by atoms with E-state index in [4.69, 9.17) is 11.6 Å². The summed E-state index contributed by atoms with van der Waals surface area (Å²) in [5, 5.41) is 3.05. The zero-order valence-corrected chi connectivity index (χ0v) is 16.7. The largest absolute Gasteiger partial charge is 0.348 e. The van der Waals surface area contributed by atoms with Crippen LogP contribution < -0.4 is 9.62 Å². The van der Waals surface area contributed by atoms with E-state index in [-0.39, 0.29) is 21.4 Å². The van der Waals surface area contributed by atoms with Crippen molar-refractivity contribution in [3.05, 3.63) is 95.0 Å². The first-order valence-corrected chi connectivity index (χ1v) is 10.4. The van der Waals surface area contributed by atoms with Gasteiger partial charge in [-0.3, -0.25) is 9.10 Å². The Hall–Kier alpha value is -2.83. The van der Waals surface area contributed by atoms with Crippen LogP contribution in [0.1, 0.15) is 15.9 Å². The molecule has 1 N–H and O–H groups in total. The van der Waals surface area contributed by atoms with Gasteiger partial charge in [0.25, 0.3) is 15.9 Å². The molecule has 0 spiro atoms. The molecule has 0 heterocycles. The first kappa shape index (κ1) is 19.9. The number of benzene rings is 3. The van der Waals surface area contributed by atoms with Crippen molar-refractivity contribution in [2.45, 2.75) is 11.4 Å². The highest BCUT2D eigenvalue weighted by molar-refractivity contribution is 7.92. The molecular formula is C21H19ClN2O3S. The van der Waals surface area contributed by atoms with Crippen molar-refractivity contribution < 1.29 is 13.2 Å². The van der Waals surface area contributed by atoms with Crippen LogP contribution in [-0.4, -0.2) is 21.4 Å². The Kier molecular flexibility index (Phi) is 6.02. The molecule has 144 valence electrons. The van der Waals surface area contributed by atoms with Crippen molar-refractivity contribution in [2.75, 3.05) is 11.4 Å². The van der Waals surface area contributed by atoms with Gasteiger partial charge in [-0.1, -0.05) is 60.1 Å². The van der Waals surface area contributed by atoms with E-state index in [1.807, 2.05) is 30.3 Å². The molecule has 0 aliphatic rings. The van der Waals surface area contributed by atoms with Gasteiger partial charge < -0.3 is 5.32 Å². The summed E-state index contributed by atoms with van der Waals surface area (Å²) in [5.74, 6) is -0.374. The zero-order chi connectivity index (χ0) is 20.1. The maximum Gasteiger partial charge on any atom is 0.264 e. The minimum Gasteiger partial charge on any atom is -0.348 e. The number of halogens is 1. The van der Waals surface area contributed by atoms with Crippen LogP contribution in [0.25, 0.3) is 0 Å². The van der Waals surface area contributed by atoms with Crippen LogP contribution in [0, 0.1) is 0 Å².